The van der Waals surface area contributed by atoms with Gasteiger partial charge in [-0.1, -0.05) is 32.9 Å². The van der Waals surface area contributed by atoms with Crippen LogP contribution in [0.1, 0.15) is 38.3 Å². The number of anilines is 1. The number of nitrogen functional groups attached to an aromatic ring is 1. The van der Waals surface area contributed by atoms with Crippen LogP contribution in [0, 0.1) is 11.2 Å². The zero-order valence-electron chi connectivity index (χ0n) is 16.6. The zero-order valence-corrected chi connectivity index (χ0v) is 16.6. The van der Waals surface area contributed by atoms with Gasteiger partial charge in [0.15, 0.2) is 5.65 Å². The summed E-state index contributed by atoms with van der Waals surface area (Å²) in [6.45, 7) is 4.10. The van der Waals surface area contributed by atoms with Crippen molar-refractivity contribution in [1.82, 2.24) is 19.6 Å². The SMILES string of the molecule is CC.COc1ccc(-c2cnn3c(N)cc(C4CCCB(C#N)C4)nc23)cn1. The fourth-order valence-electron chi connectivity index (χ4n) is 3.65. The van der Waals surface area contributed by atoms with Gasteiger partial charge < -0.3 is 10.5 Å². The number of ether oxygens (including phenoxy) is 1. The van der Waals surface area contributed by atoms with Crippen LogP contribution in [0.15, 0.2) is 30.6 Å². The second kappa shape index (κ2) is 8.74. The molecule has 4 heterocycles. The van der Waals surface area contributed by atoms with E-state index in [2.05, 4.69) is 16.1 Å². The topological polar surface area (TPSA) is 102 Å². The van der Waals surface area contributed by atoms with Gasteiger partial charge in [-0.3, -0.25) is 0 Å². The van der Waals surface area contributed by atoms with Crippen molar-refractivity contribution in [2.24, 2.45) is 0 Å². The fourth-order valence-corrected chi connectivity index (χ4v) is 3.65. The Hall–Kier alpha value is -3.08. The van der Waals surface area contributed by atoms with Gasteiger partial charge in [0, 0.05) is 41.1 Å². The summed E-state index contributed by atoms with van der Waals surface area (Å²) in [6.07, 6.45) is 7.39. The number of nitrogens with two attached hydrogens (primary N) is 1. The van der Waals surface area contributed by atoms with Gasteiger partial charge >= 0.3 is 0 Å². The Morgan fingerprint density at radius 3 is 2.82 bits per heavy atom. The van der Waals surface area contributed by atoms with Crippen molar-refractivity contribution in [1.29, 1.82) is 5.26 Å². The Morgan fingerprint density at radius 2 is 2.14 bits per heavy atom. The van der Waals surface area contributed by atoms with Crippen LogP contribution >= 0.6 is 0 Å². The molecule has 144 valence electrons. The van der Waals surface area contributed by atoms with Crippen LogP contribution in [0.5, 0.6) is 5.88 Å². The van der Waals surface area contributed by atoms with Gasteiger partial charge in [-0.05, 0) is 18.4 Å². The maximum atomic E-state index is 9.26. The molecule has 1 aliphatic rings. The zero-order chi connectivity index (χ0) is 20.1. The molecule has 1 atom stereocenters. The molecule has 4 rings (SSSR count). The molecular formula is C20H25BN6O. The van der Waals surface area contributed by atoms with E-state index in [1.54, 1.807) is 24.0 Å². The first-order valence-corrected chi connectivity index (χ1v) is 9.73. The van der Waals surface area contributed by atoms with Gasteiger partial charge in [-0.2, -0.15) is 9.61 Å². The van der Waals surface area contributed by atoms with E-state index in [9.17, 15) is 5.26 Å². The highest BCUT2D eigenvalue weighted by Crippen LogP contribution is 2.34. The first-order valence-electron chi connectivity index (χ1n) is 9.73. The van der Waals surface area contributed by atoms with Crippen LogP contribution in [-0.4, -0.2) is 33.4 Å². The van der Waals surface area contributed by atoms with Crippen molar-refractivity contribution in [3.8, 4) is 23.0 Å². The highest BCUT2D eigenvalue weighted by atomic mass is 16.5. The van der Waals surface area contributed by atoms with Crippen molar-refractivity contribution in [2.75, 3.05) is 12.8 Å². The lowest BCUT2D eigenvalue weighted by atomic mass is 9.41. The number of hydrogen-bond acceptors (Lipinski definition) is 6. The quantitative estimate of drug-likeness (QED) is 0.697. The summed E-state index contributed by atoms with van der Waals surface area (Å²) in [5, 5.41) is 13.6. The number of hydrogen-bond donors (Lipinski definition) is 1. The second-order valence-electron chi connectivity index (χ2n) is 6.68. The average Bonchev–Trinajstić information content (AvgIpc) is 3.20. The molecule has 1 fully saturated rings. The fraction of sp³-hybridized carbons (Fsp3) is 0.400. The summed E-state index contributed by atoms with van der Waals surface area (Å²) in [7, 11) is 1.59. The Bertz CT molecular complexity index is 979. The summed E-state index contributed by atoms with van der Waals surface area (Å²) in [4.78, 5) is 9.12. The predicted octanol–water partition coefficient (Wildman–Crippen LogP) is 3.84. The van der Waals surface area contributed by atoms with Crippen molar-refractivity contribution in [3.63, 3.8) is 0 Å². The van der Waals surface area contributed by atoms with Crippen LogP contribution in [0.3, 0.4) is 0 Å². The van der Waals surface area contributed by atoms with E-state index in [1.165, 1.54) is 0 Å². The standard InChI is InChI=1S/C18H19BN6O.C2H6/c1-26-17-5-4-13(9-22-17)14-10-23-25-16(21)7-15(24-18(14)25)12-3-2-6-19(8-12)11-20;1-2/h4-5,7,9-10,12H,2-3,6,8,21H2,1H3;1-2H3. The predicted molar refractivity (Wildman–Crippen MR) is 111 cm³/mol. The molecule has 7 nitrogen and oxygen atoms in total. The van der Waals surface area contributed by atoms with Crippen LogP contribution in [-0.2, 0) is 0 Å². The molecule has 0 aliphatic carbocycles. The number of methoxy groups -OCH3 is 1. The molecule has 8 heteroatoms. The Kier molecular flexibility index (Phi) is 6.14. The molecule has 28 heavy (non-hydrogen) atoms. The lowest BCUT2D eigenvalue weighted by Gasteiger charge is -2.23. The Balaban J connectivity index is 0.00000109. The Labute approximate surface area is 165 Å². The van der Waals surface area contributed by atoms with E-state index in [0.717, 1.165) is 42.3 Å². The molecule has 3 aromatic heterocycles. The molecule has 2 N–H and O–H groups in total. The molecule has 0 amide bonds. The highest BCUT2D eigenvalue weighted by molar-refractivity contribution is 6.67. The third-order valence-electron chi connectivity index (χ3n) is 5.05. The summed E-state index contributed by atoms with van der Waals surface area (Å²) in [5.74, 6) is 3.77. The van der Waals surface area contributed by atoms with E-state index < -0.39 is 0 Å². The van der Waals surface area contributed by atoms with Gasteiger partial charge in [-0.15, -0.1) is 0 Å². The maximum absolute atomic E-state index is 9.26. The van der Waals surface area contributed by atoms with Gasteiger partial charge in [0.25, 0.3) is 6.71 Å². The molecule has 1 aliphatic heterocycles. The average molecular weight is 376 g/mol. The van der Waals surface area contributed by atoms with Crippen LogP contribution in [0.2, 0.25) is 12.6 Å². The lowest BCUT2D eigenvalue weighted by molar-refractivity contribution is 0.398. The van der Waals surface area contributed by atoms with E-state index in [1.807, 2.05) is 32.0 Å². The molecule has 0 saturated carbocycles. The highest BCUT2D eigenvalue weighted by Gasteiger charge is 2.28. The first kappa shape index (κ1) is 19.7. The number of nitrogens with zero attached hydrogens (tertiary/aromatic N) is 5. The van der Waals surface area contributed by atoms with Crippen molar-refractivity contribution < 1.29 is 4.74 Å². The third kappa shape index (κ3) is 3.79. The summed E-state index contributed by atoms with van der Waals surface area (Å²) in [5.41, 5.74) is 9.67. The van der Waals surface area contributed by atoms with Crippen molar-refractivity contribution in [2.45, 2.75) is 45.2 Å². The smallest absolute Gasteiger partial charge is 0.268 e. The third-order valence-corrected chi connectivity index (χ3v) is 5.05. The van der Waals surface area contributed by atoms with Gasteiger partial charge in [0.05, 0.1) is 13.3 Å². The minimum absolute atomic E-state index is 0.100. The molecule has 3 aromatic rings. The van der Waals surface area contributed by atoms with Gasteiger partial charge in [-0.25, -0.2) is 15.2 Å². The van der Waals surface area contributed by atoms with Crippen LogP contribution in [0.25, 0.3) is 16.8 Å². The maximum Gasteiger partial charge on any atom is 0.268 e. The van der Waals surface area contributed by atoms with E-state index >= 15 is 0 Å². The minimum atomic E-state index is 0.100. The summed E-state index contributed by atoms with van der Waals surface area (Å²) in [6, 6.07) is 5.63. The van der Waals surface area contributed by atoms with Crippen molar-refractivity contribution >= 4 is 18.2 Å². The first-order chi connectivity index (χ1) is 13.7. The number of nitriles is 1. The summed E-state index contributed by atoms with van der Waals surface area (Å²) >= 11 is 0. The van der Waals surface area contributed by atoms with E-state index in [0.29, 0.717) is 17.3 Å². The number of pyridine rings is 1. The molecule has 1 unspecified atom stereocenters. The Morgan fingerprint density at radius 1 is 1.32 bits per heavy atom. The van der Waals surface area contributed by atoms with Gasteiger partial charge in [0.2, 0.25) is 5.88 Å². The van der Waals surface area contributed by atoms with Crippen LogP contribution in [0.4, 0.5) is 5.82 Å². The molecule has 0 radical (unpaired) electrons. The molecule has 0 aromatic carbocycles. The van der Waals surface area contributed by atoms with Crippen LogP contribution < -0.4 is 10.5 Å². The van der Waals surface area contributed by atoms with Crippen molar-refractivity contribution in [3.05, 3.63) is 36.3 Å². The summed E-state index contributed by atoms with van der Waals surface area (Å²) < 4.78 is 6.76. The van der Waals surface area contributed by atoms with Gasteiger partial charge in [0.1, 0.15) is 5.82 Å². The van der Waals surface area contributed by atoms with E-state index in [-0.39, 0.29) is 12.6 Å². The minimum Gasteiger partial charge on any atom is -0.481 e. The number of rotatable bonds is 3. The monoisotopic (exact) mass is 376 g/mol. The molecular weight excluding hydrogens is 351 g/mol. The lowest BCUT2D eigenvalue weighted by Crippen LogP contribution is -2.21. The largest absolute Gasteiger partial charge is 0.481 e. The normalized spacial score (nSPS) is 16.2. The number of aromatic nitrogens is 4. The number of fused-ring (bicyclic) bond motifs is 1. The van der Waals surface area contributed by atoms with E-state index in [4.69, 9.17) is 15.5 Å². The second-order valence-corrected chi connectivity index (χ2v) is 6.68. The molecule has 0 spiro atoms. The molecule has 1 saturated heterocycles. The molecule has 0 bridgehead atoms.